The molecular formula is C23H19FN6S. The van der Waals surface area contributed by atoms with Crippen LogP contribution in [0.5, 0.6) is 0 Å². The standard InChI is InChI=1S/C23H19FN6S/c1-15-4-7-19(28-23(31)27-18-8-5-17(24)6-9-18)13-21(15)30-22-26-12-10-20(29-22)16-3-2-11-25-14-16/h2-14H,1H3,(H,26,29,30)(H2,27,28,31). The minimum absolute atomic E-state index is 0.298. The Morgan fingerprint density at radius 1 is 0.935 bits per heavy atom. The predicted molar refractivity (Wildman–Crippen MR) is 126 cm³/mol. The molecule has 6 nitrogen and oxygen atoms in total. The van der Waals surface area contributed by atoms with Crippen molar-refractivity contribution in [3.8, 4) is 11.3 Å². The zero-order chi connectivity index (χ0) is 21.6. The van der Waals surface area contributed by atoms with Crippen LogP contribution in [-0.4, -0.2) is 20.1 Å². The number of thiocarbonyl (C=S) groups is 1. The van der Waals surface area contributed by atoms with Gasteiger partial charge in [0, 0.05) is 41.2 Å². The van der Waals surface area contributed by atoms with E-state index in [0.29, 0.717) is 16.7 Å². The molecule has 0 saturated heterocycles. The molecule has 3 N–H and O–H groups in total. The molecule has 2 aromatic carbocycles. The summed E-state index contributed by atoms with van der Waals surface area (Å²) in [5.74, 6) is 0.183. The van der Waals surface area contributed by atoms with Gasteiger partial charge in [-0.15, -0.1) is 0 Å². The van der Waals surface area contributed by atoms with E-state index in [4.69, 9.17) is 12.2 Å². The summed E-state index contributed by atoms with van der Waals surface area (Å²) in [5, 5.41) is 9.83. The Kier molecular flexibility index (Phi) is 6.09. The van der Waals surface area contributed by atoms with Crippen LogP contribution in [0.25, 0.3) is 11.3 Å². The molecular weight excluding hydrogens is 411 g/mol. The van der Waals surface area contributed by atoms with Crippen LogP contribution in [0, 0.1) is 12.7 Å². The molecule has 0 aliphatic carbocycles. The highest BCUT2D eigenvalue weighted by Gasteiger charge is 2.07. The topological polar surface area (TPSA) is 74.8 Å². The van der Waals surface area contributed by atoms with Gasteiger partial charge in [-0.3, -0.25) is 4.98 Å². The Morgan fingerprint density at radius 3 is 2.48 bits per heavy atom. The molecule has 4 aromatic rings. The van der Waals surface area contributed by atoms with E-state index >= 15 is 0 Å². The summed E-state index contributed by atoms with van der Waals surface area (Å²) in [6, 6.07) is 17.5. The maximum atomic E-state index is 13.1. The van der Waals surface area contributed by atoms with E-state index in [-0.39, 0.29) is 5.82 Å². The third-order valence-corrected chi connectivity index (χ3v) is 4.66. The van der Waals surface area contributed by atoms with Gasteiger partial charge in [-0.05, 0) is 79.3 Å². The van der Waals surface area contributed by atoms with Gasteiger partial charge in [0.2, 0.25) is 5.95 Å². The normalized spacial score (nSPS) is 10.4. The van der Waals surface area contributed by atoms with Crippen molar-refractivity contribution >= 4 is 40.3 Å². The van der Waals surface area contributed by atoms with Crippen LogP contribution in [0.1, 0.15) is 5.56 Å². The summed E-state index contributed by atoms with van der Waals surface area (Å²) in [7, 11) is 0. The molecule has 0 aliphatic heterocycles. The number of pyridine rings is 1. The van der Waals surface area contributed by atoms with E-state index in [9.17, 15) is 4.39 Å². The van der Waals surface area contributed by atoms with E-state index in [2.05, 4.69) is 30.9 Å². The van der Waals surface area contributed by atoms with Gasteiger partial charge >= 0.3 is 0 Å². The van der Waals surface area contributed by atoms with E-state index < -0.39 is 0 Å². The second kappa shape index (κ2) is 9.27. The summed E-state index contributed by atoms with van der Waals surface area (Å²) in [6.07, 6.45) is 5.19. The van der Waals surface area contributed by atoms with Gasteiger partial charge in [-0.1, -0.05) is 6.07 Å². The Labute approximate surface area is 184 Å². The summed E-state index contributed by atoms with van der Waals surface area (Å²) >= 11 is 5.36. The molecule has 0 fully saturated rings. The number of nitrogens with zero attached hydrogens (tertiary/aromatic N) is 3. The van der Waals surface area contributed by atoms with Crippen LogP contribution >= 0.6 is 12.2 Å². The van der Waals surface area contributed by atoms with E-state index in [1.807, 2.05) is 43.3 Å². The third-order valence-electron chi connectivity index (χ3n) is 4.46. The largest absolute Gasteiger partial charge is 0.332 e. The maximum Gasteiger partial charge on any atom is 0.227 e. The zero-order valence-corrected chi connectivity index (χ0v) is 17.4. The summed E-state index contributed by atoms with van der Waals surface area (Å²) in [5.41, 5.74) is 5.05. The fourth-order valence-corrected chi connectivity index (χ4v) is 3.11. The average Bonchev–Trinajstić information content (AvgIpc) is 2.78. The summed E-state index contributed by atoms with van der Waals surface area (Å²) < 4.78 is 13.1. The summed E-state index contributed by atoms with van der Waals surface area (Å²) in [4.78, 5) is 13.0. The molecule has 2 heterocycles. The number of hydrogen-bond donors (Lipinski definition) is 3. The first-order valence-corrected chi connectivity index (χ1v) is 9.92. The average molecular weight is 431 g/mol. The third kappa shape index (κ3) is 5.37. The number of nitrogens with one attached hydrogen (secondary N) is 3. The van der Waals surface area contributed by atoms with Crippen LogP contribution in [-0.2, 0) is 0 Å². The van der Waals surface area contributed by atoms with Crippen LogP contribution in [0.3, 0.4) is 0 Å². The van der Waals surface area contributed by atoms with E-state index in [0.717, 1.165) is 28.2 Å². The molecule has 0 bridgehead atoms. The minimum Gasteiger partial charge on any atom is -0.332 e. The van der Waals surface area contributed by atoms with Crippen molar-refractivity contribution in [3.63, 3.8) is 0 Å². The molecule has 0 aliphatic rings. The van der Waals surface area contributed by atoms with Gasteiger partial charge in [0.1, 0.15) is 5.82 Å². The SMILES string of the molecule is Cc1ccc(NC(=S)Nc2ccc(F)cc2)cc1Nc1nccc(-c2cccnc2)n1. The number of anilines is 4. The molecule has 0 radical (unpaired) electrons. The lowest BCUT2D eigenvalue weighted by atomic mass is 10.2. The molecule has 31 heavy (non-hydrogen) atoms. The van der Waals surface area contributed by atoms with Gasteiger partial charge in [-0.2, -0.15) is 0 Å². The fourth-order valence-electron chi connectivity index (χ4n) is 2.88. The van der Waals surface area contributed by atoms with E-state index in [1.54, 1.807) is 30.7 Å². The molecule has 0 saturated carbocycles. The molecule has 0 unspecified atom stereocenters. The number of halogens is 1. The Hall–Kier alpha value is -3.91. The number of aromatic nitrogens is 3. The molecule has 154 valence electrons. The fraction of sp³-hybridized carbons (Fsp3) is 0.0435. The highest BCUT2D eigenvalue weighted by molar-refractivity contribution is 7.80. The summed E-state index contributed by atoms with van der Waals surface area (Å²) in [6.45, 7) is 1.99. The van der Waals surface area contributed by atoms with Crippen molar-refractivity contribution < 1.29 is 4.39 Å². The lowest BCUT2D eigenvalue weighted by Gasteiger charge is -2.14. The Bertz CT molecular complexity index is 1200. The van der Waals surface area contributed by atoms with Gasteiger partial charge in [0.25, 0.3) is 0 Å². The zero-order valence-electron chi connectivity index (χ0n) is 16.6. The first kappa shape index (κ1) is 20.4. The van der Waals surface area contributed by atoms with Crippen molar-refractivity contribution in [2.45, 2.75) is 6.92 Å². The highest BCUT2D eigenvalue weighted by Crippen LogP contribution is 2.24. The quantitative estimate of drug-likeness (QED) is 0.359. The number of aryl methyl sites for hydroxylation is 1. The van der Waals surface area contributed by atoms with Crippen LogP contribution in [0.15, 0.2) is 79.3 Å². The number of rotatable bonds is 5. The Balaban J connectivity index is 1.48. The second-order valence-corrected chi connectivity index (χ2v) is 7.16. The molecule has 8 heteroatoms. The van der Waals surface area contributed by atoms with Crippen LogP contribution in [0.4, 0.5) is 27.4 Å². The molecule has 0 spiro atoms. The van der Waals surface area contributed by atoms with Crippen molar-refractivity contribution in [1.29, 1.82) is 0 Å². The maximum absolute atomic E-state index is 13.1. The van der Waals surface area contributed by atoms with Crippen molar-refractivity contribution in [1.82, 2.24) is 15.0 Å². The highest BCUT2D eigenvalue weighted by atomic mass is 32.1. The smallest absolute Gasteiger partial charge is 0.227 e. The van der Waals surface area contributed by atoms with Crippen molar-refractivity contribution in [2.24, 2.45) is 0 Å². The van der Waals surface area contributed by atoms with Gasteiger partial charge in [0.05, 0.1) is 5.69 Å². The molecule has 0 atom stereocenters. The van der Waals surface area contributed by atoms with Crippen LogP contribution < -0.4 is 16.0 Å². The number of hydrogen-bond acceptors (Lipinski definition) is 5. The lowest BCUT2D eigenvalue weighted by molar-refractivity contribution is 0.628. The monoisotopic (exact) mass is 430 g/mol. The number of benzene rings is 2. The molecule has 0 amide bonds. The van der Waals surface area contributed by atoms with Crippen molar-refractivity contribution in [2.75, 3.05) is 16.0 Å². The van der Waals surface area contributed by atoms with E-state index in [1.165, 1.54) is 12.1 Å². The lowest BCUT2D eigenvalue weighted by Crippen LogP contribution is -2.19. The van der Waals surface area contributed by atoms with Gasteiger partial charge < -0.3 is 16.0 Å². The van der Waals surface area contributed by atoms with Crippen molar-refractivity contribution in [3.05, 3.63) is 90.6 Å². The van der Waals surface area contributed by atoms with Crippen LogP contribution in [0.2, 0.25) is 0 Å². The first-order chi connectivity index (χ1) is 15.1. The molecule has 2 aromatic heterocycles. The predicted octanol–water partition coefficient (Wildman–Crippen LogP) is 5.54. The van der Waals surface area contributed by atoms with Gasteiger partial charge in [-0.25, -0.2) is 14.4 Å². The first-order valence-electron chi connectivity index (χ1n) is 9.51. The second-order valence-electron chi connectivity index (χ2n) is 6.75. The Morgan fingerprint density at radius 2 is 1.71 bits per heavy atom. The van der Waals surface area contributed by atoms with Gasteiger partial charge in [0.15, 0.2) is 5.11 Å². The minimum atomic E-state index is -0.298. The molecule has 4 rings (SSSR count).